The number of Topliss-reactive ketones (excluding diaryl/α,β-unsaturated/α-hetero) is 1. The lowest BCUT2D eigenvalue weighted by Gasteiger charge is -2.36. The van der Waals surface area contributed by atoms with Crippen molar-refractivity contribution in [2.45, 2.75) is 13.0 Å². The average Bonchev–Trinajstić information content (AvgIpc) is 3.30. The van der Waals surface area contributed by atoms with Gasteiger partial charge in [-0.05, 0) is 25.1 Å². The van der Waals surface area contributed by atoms with E-state index in [9.17, 15) is 14.4 Å². The zero-order valence-corrected chi connectivity index (χ0v) is 18.7. The maximum atomic E-state index is 12.9. The Balaban J connectivity index is 1.14. The summed E-state index contributed by atoms with van der Waals surface area (Å²) in [6.07, 6.45) is -0.680. The average molecular weight is 467 g/mol. The van der Waals surface area contributed by atoms with Gasteiger partial charge in [0.05, 0.1) is 12.2 Å². The third-order valence-corrected chi connectivity index (χ3v) is 6.00. The molecule has 1 fully saturated rings. The lowest BCUT2D eigenvalue weighted by molar-refractivity contribution is -0.143. The molecule has 0 aliphatic carbocycles. The van der Waals surface area contributed by atoms with Gasteiger partial charge in [0.15, 0.2) is 28.8 Å². The van der Waals surface area contributed by atoms with Crippen LogP contribution in [0.25, 0.3) is 0 Å². The molecule has 1 N–H and O–H groups in total. The van der Waals surface area contributed by atoms with Crippen molar-refractivity contribution >= 4 is 23.3 Å². The lowest BCUT2D eigenvalue weighted by Crippen LogP contribution is -2.54. The van der Waals surface area contributed by atoms with Crippen molar-refractivity contribution in [3.05, 3.63) is 42.0 Å². The molecule has 1 atom stereocenters. The standard InChI is InChI=1S/C24H25N3O7/c1-15(28)16-10-20-21(33-14-32-20)11-17(16)25-23(29)12-26-6-8-27(9-7-26)24(30)22-13-31-18-4-2-3-5-19(18)34-22/h2-5,10-11,22H,6-9,12-14H2,1H3,(H,25,29)/t22-/m0/s1. The van der Waals surface area contributed by atoms with Crippen molar-refractivity contribution in [2.75, 3.05) is 51.4 Å². The molecule has 0 bridgehead atoms. The van der Waals surface area contributed by atoms with Crippen LogP contribution in [0.15, 0.2) is 36.4 Å². The number of nitrogens with zero attached hydrogens (tertiary/aromatic N) is 2. The molecular formula is C24H25N3O7. The zero-order chi connectivity index (χ0) is 23.7. The summed E-state index contributed by atoms with van der Waals surface area (Å²) in [4.78, 5) is 41.3. The Morgan fingerprint density at radius 1 is 0.941 bits per heavy atom. The highest BCUT2D eigenvalue weighted by Gasteiger charge is 2.33. The van der Waals surface area contributed by atoms with E-state index in [4.69, 9.17) is 18.9 Å². The molecule has 0 aromatic heterocycles. The molecule has 10 heteroatoms. The number of ether oxygens (including phenoxy) is 4. The number of rotatable bonds is 5. The predicted octanol–water partition coefficient (Wildman–Crippen LogP) is 1.54. The summed E-state index contributed by atoms with van der Waals surface area (Å²) in [7, 11) is 0. The SMILES string of the molecule is CC(=O)c1cc2c(cc1NC(=O)CN1CCN(C(=O)[C@@H]3COc4ccccc4O3)CC1)OCO2. The van der Waals surface area contributed by atoms with E-state index < -0.39 is 6.10 Å². The van der Waals surface area contributed by atoms with Crippen LogP contribution in [0.5, 0.6) is 23.0 Å². The van der Waals surface area contributed by atoms with E-state index >= 15 is 0 Å². The van der Waals surface area contributed by atoms with Crippen LogP contribution in [0.2, 0.25) is 0 Å². The molecule has 1 saturated heterocycles. The molecule has 2 amide bonds. The summed E-state index contributed by atoms with van der Waals surface area (Å²) < 4.78 is 22.2. The number of carbonyl (C=O) groups is 3. The largest absolute Gasteiger partial charge is 0.485 e. The van der Waals surface area contributed by atoms with E-state index in [2.05, 4.69) is 5.32 Å². The Morgan fingerprint density at radius 2 is 1.65 bits per heavy atom. The molecule has 0 radical (unpaired) electrons. The highest BCUT2D eigenvalue weighted by molar-refractivity contribution is 6.05. The maximum Gasteiger partial charge on any atom is 0.267 e. The van der Waals surface area contributed by atoms with Gasteiger partial charge in [-0.15, -0.1) is 0 Å². The van der Waals surface area contributed by atoms with Gasteiger partial charge >= 0.3 is 0 Å². The number of para-hydroxylation sites is 2. The van der Waals surface area contributed by atoms with Crippen molar-refractivity contribution in [3.8, 4) is 23.0 Å². The van der Waals surface area contributed by atoms with E-state index in [-0.39, 0.29) is 37.5 Å². The van der Waals surface area contributed by atoms with Crippen LogP contribution < -0.4 is 24.3 Å². The van der Waals surface area contributed by atoms with Crippen LogP contribution >= 0.6 is 0 Å². The summed E-state index contributed by atoms with van der Waals surface area (Å²) in [5.41, 5.74) is 0.759. The fourth-order valence-electron chi connectivity index (χ4n) is 4.20. The van der Waals surface area contributed by atoms with Crippen LogP contribution in [0, 0.1) is 0 Å². The Bertz CT molecular complexity index is 1130. The first-order valence-corrected chi connectivity index (χ1v) is 11.1. The summed E-state index contributed by atoms with van der Waals surface area (Å²) in [5, 5.41) is 2.81. The number of piperazine rings is 1. The minimum Gasteiger partial charge on any atom is -0.485 e. The number of nitrogens with one attached hydrogen (secondary N) is 1. The lowest BCUT2D eigenvalue weighted by atomic mass is 10.1. The molecule has 0 saturated carbocycles. The van der Waals surface area contributed by atoms with Gasteiger partial charge < -0.3 is 29.2 Å². The fourth-order valence-corrected chi connectivity index (χ4v) is 4.20. The summed E-state index contributed by atoms with van der Waals surface area (Å²) >= 11 is 0. The zero-order valence-electron chi connectivity index (χ0n) is 18.7. The van der Waals surface area contributed by atoms with Gasteiger partial charge in [-0.1, -0.05) is 12.1 Å². The number of carbonyl (C=O) groups excluding carboxylic acids is 3. The summed E-state index contributed by atoms with van der Waals surface area (Å²) in [6, 6.07) is 10.5. The molecule has 0 spiro atoms. The van der Waals surface area contributed by atoms with Crippen molar-refractivity contribution in [1.29, 1.82) is 0 Å². The third kappa shape index (κ3) is 4.49. The molecule has 178 valence electrons. The second-order valence-corrected chi connectivity index (χ2v) is 8.32. The normalized spacial score (nSPS) is 19.0. The highest BCUT2D eigenvalue weighted by Crippen LogP contribution is 2.37. The fraction of sp³-hybridized carbons (Fsp3) is 0.375. The first-order valence-electron chi connectivity index (χ1n) is 11.1. The molecular weight excluding hydrogens is 442 g/mol. The molecule has 0 unspecified atom stereocenters. The van der Waals surface area contributed by atoms with Crippen molar-refractivity contribution < 1.29 is 33.3 Å². The third-order valence-electron chi connectivity index (χ3n) is 6.00. The first kappa shape index (κ1) is 22.0. The molecule has 2 aromatic rings. The number of amides is 2. The molecule has 34 heavy (non-hydrogen) atoms. The molecule has 10 nitrogen and oxygen atoms in total. The van der Waals surface area contributed by atoms with Gasteiger partial charge in [0.25, 0.3) is 5.91 Å². The second-order valence-electron chi connectivity index (χ2n) is 8.32. The maximum absolute atomic E-state index is 12.9. The van der Waals surface area contributed by atoms with E-state index in [1.807, 2.05) is 23.1 Å². The number of hydrogen-bond acceptors (Lipinski definition) is 8. The number of benzene rings is 2. The minimum atomic E-state index is -0.680. The van der Waals surface area contributed by atoms with Gasteiger partial charge in [-0.25, -0.2) is 0 Å². The van der Waals surface area contributed by atoms with Gasteiger partial charge in [0.2, 0.25) is 18.8 Å². The Hall–Kier alpha value is -3.79. The van der Waals surface area contributed by atoms with E-state index in [0.29, 0.717) is 60.4 Å². The smallest absolute Gasteiger partial charge is 0.267 e. The number of fused-ring (bicyclic) bond motifs is 2. The van der Waals surface area contributed by atoms with Crippen molar-refractivity contribution in [1.82, 2.24) is 9.80 Å². The Kier molecular flexibility index (Phi) is 5.97. The van der Waals surface area contributed by atoms with Crippen LogP contribution in [0.1, 0.15) is 17.3 Å². The first-order chi connectivity index (χ1) is 16.5. The highest BCUT2D eigenvalue weighted by atomic mass is 16.7. The van der Waals surface area contributed by atoms with E-state index in [0.717, 1.165) is 0 Å². The quantitative estimate of drug-likeness (QED) is 0.660. The van der Waals surface area contributed by atoms with E-state index in [1.165, 1.54) is 6.92 Å². The summed E-state index contributed by atoms with van der Waals surface area (Å²) in [6.45, 7) is 3.89. The van der Waals surface area contributed by atoms with Gasteiger partial charge in [0.1, 0.15) is 6.61 Å². The topological polar surface area (TPSA) is 107 Å². The molecule has 3 aliphatic rings. The van der Waals surface area contributed by atoms with Gasteiger partial charge in [0, 0.05) is 37.8 Å². The molecule has 2 aromatic carbocycles. The number of hydrogen-bond donors (Lipinski definition) is 1. The molecule has 3 heterocycles. The minimum absolute atomic E-state index is 0.0810. The monoisotopic (exact) mass is 467 g/mol. The van der Waals surface area contributed by atoms with Crippen LogP contribution in [-0.4, -0.2) is 79.6 Å². The second kappa shape index (κ2) is 9.22. The van der Waals surface area contributed by atoms with Gasteiger partial charge in [-0.3, -0.25) is 19.3 Å². The van der Waals surface area contributed by atoms with Crippen LogP contribution in [-0.2, 0) is 9.59 Å². The number of ketones is 1. The van der Waals surface area contributed by atoms with Crippen LogP contribution in [0.3, 0.4) is 0 Å². The van der Waals surface area contributed by atoms with Crippen molar-refractivity contribution in [2.24, 2.45) is 0 Å². The molecule has 3 aliphatic heterocycles. The Labute approximate surface area is 196 Å². The molecule has 5 rings (SSSR count). The van der Waals surface area contributed by atoms with E-state index in [1.54, 1.807) is 23.1 Å². The predicted molar refractivity (Wildman–Crippen MR) is 121 cm³/mol. The number of anilines is 1. The van der Waals surface area contributed by atoms with Gasteiger partial charge in [-0.2, -0.15) is 0 Å². The Morgan fingerprint density at radius 3 is 2.38 bits per heavy atom. The van der Waals surface area contributed by atoms with Crippen LogP contribution in [0.4, 0.5) is 5.69 Å². The summed E-state index contributed by atoms with van der Waals surface area (Å²) in [5.74, 6) is 1.63. The van der Waals surface area contributed by atoms with Crippen molar-refractivity contribution in [3.63, 3.8) is 0 Å².